The van der Waals surface area contributed by atoms with Gasteiger partial charge in [-0.05, 0) is 43.6 Å². The summed E-state index contributed by atoms with van der Waals surface area (Å²) in [5.74, 6) is -0.423. The van der Waals surface area contributed by atoms with Crippen LogP contribution in [0.3, 0.4) is 0 Å². The average molecular weight is 330 g/mol. The highest BCUT2D eigenvalue weighted by atomic mass is 19.1. The molecule has 3 rings (SSSR count). The van der Waals surface area contributed by atoms with Gasteiger partial charge in [-0.25, -0.2) is 9.37 Å². The summed E-state index contributed by atoms with van der Waals surface area (Å²) in [5, 5.41) is 2.97. The Bertz CT molecular complexity index is 677. The van der Waals surface area contributed by atoms with Crippen LogP contribution in [-0.2, 0) is 7.05 Å². The highest BCUT2D eigenvalue weighted by molar-refractivity contribution is 5.92. The molecular formula is C18H23FN4O. The number of imidazole rings is 1. The molecule has 0 bridgehead atoms. The molecule has 2 heterocycles. The predicted octanol–water partition coefficient (Wildman–Crippen LogP) is 2.52. The quantitative estimate of drug-likeness (QED) is 0.916. The van der Waals surface area contributed by atoms with Gasteiger partial charge >= 0.3 is 0 Å². The van der Waals surface area contributed by atoms with Crippen LogP contribution < -0.4 is 5.32 Å². The first-order valence-corrected chi connectivity index (χ1v) is 8.39. The Morgan fingerprint density at radius 1 is 1.25 bits per heavy atom. The molecule has 5 nitrogen and oxygen atoms in total. The Labute approximate surface area is 141 Å². The molecule has 1 aromatic heterocycles. The van der Waals surface area contributed by atoms with Crippen LogP contribution in [0.4, 0.5) is 4.39 Å². The molecule has 128 valence electrons. The Morgan fingerprint density at radius 2 is 1.96 bits per heavy atom. The van der Waals surface area contributed by atoms with E-state index in [0.717, 1.165) is 31.5 Å². The molecule has 0 saturated carbocycles. The fraction of sp³-hybridized carbons (Fsp3) is 0.444. The Morgan fingerprint density at radius 3 is 2.58 bits per heavy atom. The number of hydrogen-bond acceptors (Lipinski definition) is 3. The zero-order valence-corrected chi connectivity index (χ0v) is 13.9. The summed E-state index contributed by atoms with van der Waals surface area (Å²) < 4.78 is 15.0. The smallest absolute Gasteiger partial charge is 0.271 e. The first kappa shape index (κ1) is 16.6. The van der Waals surface area contributed by atoms with Crippen LogP contribution >= 0.6 is 0 Å². The number of benzene rings is 1. The van der Waals surface area contributed by atoms with Gasteiger partial charge in [0.1, 0.15) is 11.5 Å². The number of aromatic nitrogens is 2. The molecule has 1 N–H and O–H groups in total. The summed E-state index contributed by atoms with van der Waals surface area (Å²) in [7, 11) is 1.83. The van der Waals surface area contributed by atoms with Gasteiger partial charge in [0.2, 0.25) is 0 Å². The number of aryl methyl sites for hydroxylation is 1. The van der Waals surface area contributed by atoms with Crippen LogP contribution in [0.25, 0.3) is 0 Å². The maximum Gasteiger partial charge on any atom is 0.271 e. The molecule has 1 aromatic carbocycles. The van der Waals surface area contributed by atoms with E-state index in [1.54, 1.807) is 17.1 Å². The molecule has 24 heavy (non-hydrogen) atoms. The maximum atomic E-state index is 13.2. The molecule has 0 aliphatic carbocycles. The summed E-state index contributed by atoms with van der Waals surface area (Å²) in [6.45, 7) is 2.49. The number of piperidine rings is 1. The molecule has 0 spiro atoms. The first-order chi connectivity index (χ1) is 11.6. The van der Waals surface area contributed by atoms with E-state index in [0.29, 0.717) is 12.2 Å². The summed E-state index contributed by atoms with van der Waals surface area (Å²) in [5.41, 5.74) is 1.44. The number of carbonyl (C=O) groups excluding carboxylic acids is 1. The minimum atomic E-state index is -0.242. The minimum Gasteiger partial charge on any atom is -0.349 e. The number of rotatable bonds is 5. The van der Waals surface area contributed by atoms with Crippen molar-refractivity contribution in [1.82, 2.24) is 19.8 Å². The molecule has 6 heteroatoms. The molecule has 2 aromatic rings. The maximum absolute atomic E-state index is 13.2. The minimum absolute atomic E-state index is 0.0542. The van der Waals surface area contributed by atoms with Gasteiger partial charge in [0.15, 0.2) is 0 Å². The molecule has 1 fully saturated rings. The van der Waals surface area contributed by atoms with E-state index in [-0.39, 0.29) is 17.8 Å². The van der Waals surface area contributed by atoms with Gasteiger partial charge in [0.25, 0.3) is 5.91 Å². The molecule has 1 atom stereocenters. The van der Waals surface area contributed by atoms with E-state index in [4.69, 9.17) is 0 Å². The number of likely N-dealkylation sites (tertiary alicyclic amines) is 1. The van der Waals surface area contributed by atoms with Gasteiger partial charge in [-0.2, -0.15) is 0 Å². The SMILES string of the molecule is Cn1cnc(C(=O)NC[C@@H](c2ccc(F)cc2)N2CCCCC2)c1. The second-order valence-electron chi connectivity index (χ2n) is 6.30. The van der Waals surface area contributed by atoms with Gasteiger partial charge < -0.3 is 9.88 Å². The standard InChI is InChI=1S/C18H23FN4O/c1-22-12-16(21-13-22)18(24)20-11-17(23-9-3-2-4-10-23)14-5-7-15(19)8-6-14/h5-8,12-13,17H,2-4,9-11H2,1H3,(H,20,24)/t17-/m0/s1. The van der Waals surface area contributed by atoms with Crippen molar-refractivity contribution in [2.24, 2.45) is 7.05 Å². The molecule has 1 aliphatic heterocycles. The van der Waals surface area contributed by atoms with Crippen LogP contribution in [0.1, 0.15) is 41.4 Å². The lowest BCUT2D eigenvalue weighted by Gasteiger charge is -2.35. The topological polar surface area (TPSA) is 50.2 Å². The largest absolute Gasteiger partial charge is 0.349 e. The number of halogens is 1. The monoisotopic (exact) mass is 330 g/mol. The summed E-state index contributed by atoms with van der Waals surface area (Å²) in [6.07, 6.45) is 6.87. The van der Waals surface area contributed by atoms with E-state index < -0.39 is 0 Å². The van der Waals surface area contributed by atoms with E-state index in [2.05, 4.69) is 15.2 Å². The third-order valence-corrected chi connectivity index (χ3v) is 4.48. The number of nitrogens with zero attached hydrogens (tertiary/aromatic N) is 3. The van der Waals surface area contributed by atoms with Crippen LogP contribution in [0.2, 0.25) is 0 Å². The van der Waals surface area contributed by atoms with Crippen LogP contribution in [-0.4, -0.2) is 40.0 Å². The van der Waals surface area contributed by atoms with Crippen molar-refractivity contribution in [3.8, 4) is 0 Å². The van der Waals surface area contributed by atoms with Crippen molar-refractivity contribution in [2.75, 3.05) is 19.6 Å². The summed E-state index contributed by atoms with van der Waals surface area (Å²) in [4.78, 5) is 18.7. The lowest BCUT2D eigenvalue weighted by Crippen LogP contribution is -2.40. The Balaban J connectivity index is 1.71. The van der Waals surface area contributed by atoms with Crippen molar-refractivity contribution in [1.29, 1.82) is 0 Å². The van der Waals surface area contributed by atoms with Gasteiger partial charge in [-0.1, -0.05) is 18.6 Å². The van der Waals surface area contributed by atoms with E-state index in [1.807, 2.05) is 19.2 Å². The molecule has 1 aliphatic rings. The van der Waals surface area contributed by atoms with Crippen molar-refractivity contribution < 1.29 is 9.18 Å². The molecule has 1 saturated heterocycles. The fourth-order valence-electron chi connectivity index (χ4n) is 3.18. The second-order valence-corrected chi connectivity index (χ2v) is 6.30. The van der Waals surface area contributed by atoms with Gasteiger partial charge in [0, 0.05) is 19.8 Å². The van der Waals surface area contributed by atoms with Crippen molar-refractivity contribution in [3.63, 3.8) is 0 Å². The van der Waals surface area contributed by atoms with Gasteiger partial charge in [-0.3, -0.25) is 9.69 Å². The molecule has 0 unspecified atom stereocenters. The van der Waals surface area contributed by atoms with E-state index in [1.165, 1.54) is 18.6 Å². The summed E-state index contributed by atoms with van der Waals surface area (Å²) in [6, 6.07) is 6.63. The van der Waals surface area contributed by atoms with Gasteiger partial charge in [0.05, 0.1) is 12.4 Å². The first-order valence-electron chi connectivity index (χ1n) is 8.39. The lowest BCUT2D eigenvalue weighted by atomic mass is 10.0. The van der Waals surface area contributed by atoms with Crippen molar-refractivity contribution in [2.45, 2.75) is 25.3 Å². The van der Waals surface area contributed by atoms with E-state index >= 15 is 0 Å². The molecule has 0 radical (unpaired) electrons. The second kappa shape index (κ2) is 7.57. The number of amides is 1. The van der Waals surface area contributed by atoms with Crippen LogP contribution in [0.15, 0.2) is 36.8 Å². The fourth-order valence-corrected chi connectivity index (χ4v) is 3.18. The normalized spacial score (nSPS) is 16.8. The highest BCUT2D eigenvalue weighted by Crippen LogP contribution is 2.24. The average Bonchev–Trinajstić information content (AvgIpc) is 3.04. The lowest BCUT2D eigenvalue weighted by molar-refractivity contribution is 0.0920. The zero-order chi connectivity index (χ0) is 16.9. The van der Waals surface area contributed by atoms with Crippen LogP contribution in [0.5, 0.6) is 0 Å². The molecule has 1 amide bonds. The third kappa shape index (κ3) is 4.00. The number of hydrogen-bond donors (Lipinski definition) is 1. The Hall–Kier alpha value is -2.21. The highest BCUT2D eigenvalue weighted by Gasteiger charge is 2.23. The number of nitrogens with one attached hydrogen (secondary N) is 1. The Kier molecular flexibility index (Phi) is 5.25. The van der Waals surface area contributed by atoms with Gasteiger partial charge in [-0.15, -0.1) is 0 Å². The van der Waals surface area contributed by atoms with E-state index in [9.17, 15) is 9.18 Å². The van der Waals surface area contributed by atoms with Crippen molar-refractivity contribution in [3.05, 3.63) is 53.9 Å². The third-order valence-electron chi connectivity index (χ3n) is 4.48. The zero-order valence-electron chi connectivity index (χ0n) is 13.9. The van der Waals surface area contributed by atoms with Crippen LogP contribution in [0, 0.1) is 5.82 Å². The van der Waals surface area contributed by atoms with Crippen molar-refractivity contribution >= 4 is 5.91 Å². The molecular weight excluding hydrogens is 307 g/mol. The number of carbonyl (C=O) groups is 1. The predicted molar refractivity (Wildman–Crippen MR) is 90.1 cm³/mol. The summed E-state index contributed by atoms with van der Waals surface area (Å²) >= 11 is 0.